The third-order valence-corrected chi connectivity index (χ3v) is 6.71. The Labute approximate surface area is 200 Å². The highest BCUT2D eigenvalue weighted by molar-refractivity contribution is 6.01. The molecule has 0 unspecified atom stereocenters. The van der Waals surface area contributed by atoms with Gasteiger partial charge in [0.05, 0.1) is 30.1 Å². The Morgan fingerprint density at radius 2 is 1.88 bits per heavy atom. The van der Waals surface area contributed by atoms with Crippen LogP contribution in [0, 0.1) is 5.92 Å². The standard InChI is InChI=1S/C27H33N3O4/c1-16(2)30-24-14-21(34-22-12-13-32-15-22)10-11-23(24)25(28)26(30)19-6-8-20(9-7-19)29-27(31)33-17(3)18-4-5-18/h6-11,14,16-18,22H,4-5,12-13,15,28H2,1-3H3,(H,29,31)/t17-,22+/m1/s1. The summed E-state index contributed by atoms with van der Waals surface area (Å²) in [4.78, 5) is 12.2. The number of nitrogens with zero attached hydrogens (tertiary/aromatic N) is 1. The number of carbonyl (C=O) groups excluding carboxylic acids is 1. The van der Waals surface area contributed by atoms with Crippen molar-refractivity contribution >= 4 is 28.4 Å². The first kappa shape index (κ1) is 22.6. The Hall–Kier alpha value is -3.19. The average Bonchev–Trinajstić information content (AvgIpc) is 3.47. The molecule has 7 heteroatoms. The Morgan fingerprint density at radius 1 is 1.12 bits per heavy atom. The molecule has 34 heavy (non-hydrogen) atoms. The van der Waals surface area contributed by atoms with Crippen LogP contribution in [-0.2, 0) is 9.47 Å². The fourth-order valence-corrected chi connectivity index (χ4v) is 4.71. The highest BCUT2D eigenvalue weighted by Gasteiger charge is 2.30. The van der Waals surface area contributed by atoms with Crippen LogP contribution in [-0.4, -0.2) is 36.1 Å². The molecule has 180 valence electrons. The molecule has 1 aliphatic carbocycles. The van der Waals surface area contributed by atoms with Gasteiger partial charge in [0.2, 0.25) is 0 Å². The molecule has 1 amide bonds. The molecule has 5 rings (SSSR count). The van der Waals surface area contributed by atoms with Crippen LogP contribution >= 0.6 is 0 Å². The minimum absolute atomic E-state index is 0.0455. The molecule has 0 spiro atoms. The first-order valence-electron chi connectivity index (χ1n) is 12.2. The van der Waals surface area contributed by atoms with Gasteiger partial charge in [-0.15, -0.1) is 0 Å². The topological polar surface area (TPSA) is 87.7 Å². The van der Waals surface area contributed by atoms with Gasteiger partial charge < -0.3 is 24.5 Å². The zero-order valence-electron chi connectivity index (χ0n) is 20.0. The summed E-state index contributed by atoms with van der Waals surface area (Å²) >= 11 is 0. The lowest BCUT2D eigenvalue weighted by atomic mass is 10.1. The van der Waals surface area contributed by atoms with E-state index in [-0.39, 0.29) is 18.2 Å². The molecular weight excluding hydrogens is 430 g/mol. The molecule has 3 aromatic rings. The predicted octanol–water partition coefficient (Wildman–Crippen LogP) is 5.99. The molecule has 1 saturated carbocycles. The van der Waals surface area contributed by atoms with Crippen molar-refractivity contribution in [1.29, 1.82) is 0 Å². The van der Waals surface area contributed by atoms with E-state index in [9.17, 15) is 4.79 Å². The SMILES string of the molecule is CC(C)n1c(-c2ccc(NC(=O)O[C@H](C)C3CC3)cc2)c(N)c2ccc(O[C@H]3CCOC3)cc21. The maximum atomic E-state index is 12.2. The van der Waals surface area contributed by atoms with Crippen molar-refractivity contribution in [2.24, 2.45) is 5.92 Å². The first-order chi connectivity index (χ1) is 16.4. The van der Waals surface area contributed by atoms with Crippen LogP contribution < -0.4 is 15.8 Å². The van der Waals surface area contributed by atoms with Gasteiger partial charge in [0, 0.05) is 35.2 Å². The summed E-state index contributed by atoms with van der Waals surface area (Å²) in [6.45, 7) is 7.62. The van der Waals surface area contributed by atoms with E-state index >= 15 is 0 Å². The summed E-state index contributed by atoms with van der Waals surface area (Å²) in [6.07, 6.45) is 2.81. The third-order valence-electron chi connectivity index (χ3n) is 6.71. The quantitative estimate of drug-likeness (QED) is 0.450. The van der Waals surface area contributed by atoms with E-state index in [2.05, 4.69) is 29.8 Å². The van der Waals surface area contributed by atoms with Crippen molar-refractivity contribution < 1.29 is 19.0 Å². The summed E-state index contributed by atoms with van der Waals surface area (Å²) in [6, 6.07) is 14.0. The number of fused-ring (bicyclic) bond motifs is 1. The number of carbonyl (C=O) groups is 1. The lowest BCUT2D eigenvalue weighted by Crippen LogP contribution is -2.21. The second kappa shape index (κ2) is 9.22. The molecular formula is C27H33N3O4. The number of anilines is 2. The van der Waals surface area contributed by atoms with Gasteiger partial charge in [0.1, 0.15) is 18.0 Å². The molecule has 1 saturated heterocycles. The van der Waals surface area contributed by atoms with Crippen LogP contribution in [0.5, 0.6) is 5.75 Å². The van der Waals surface area contributed by atoms with E-state index in [0.717, 1.165) is 59.5 Å². The summed E-state index contributed by atoms with van der Waals surface area (Å²) < 4.78 is 19.3. The smallest absolute Gasteiger partial charge is 0.411 e. The van der Waals surface area contributed by atoms with Crippen molar-refractivity contribution in [3.63, 3.8) is 0 Å². The monoisotopic (exact) mass is 463 g/mol. The maximum Gasteiger partial charge on any atom is 0.411 e. The minimum atomic E-state index is -0.414. The molecule has 2 fully saturated rings. The van der Waals surface area contributed by atoms with Gasteiger partial charge in [-0.2, -0.15) is 0 Å². The number of ether oxygens (including phenoxy) is 3. The van der Waals surface area contributed by atoms with Crippen LogP contribution in [0.25, 0.3) is 22.2 Å². The van der Waals surface area contributed by atoms with Crippen molar-refractivity contribution in [2.75, 3.05) is 24.3 Å². The fraction of sp³-hybridized carbons (Fsp3) is 0.444. The largest absolute Gasteiger partial charge is 0.488 e. The van der Waals surface area contributed by atoms with Crippen LogP contribution in [0.2, 0.25) is 0 Å². The normalized spacial score (nSPS) is 18.9. The van der Waals surface area contributed by atoms with Gasteiger partial charge in [-0.3, -0.25) is 5.32 Å². The Morgan fingerprint density at radius 3 is 2.53 bits per heavy atom. The van der Waals surface area contributed by atoms with Gasteiger partial charge in [0.15, 0.2) is 0 Å². The summed E-state index contributed by atoms with van der Waals surface area (Å²) in [5.41, 5.74) is 11.1. The lowest BCUT2D eigenvalue weighted by Gasteiger charge is -2.17. The van der Waals surface area contributed by atoms with E-state index in [1.54, 1.807) is 0 Å². The number of hydrogen-bond acceptors (Lipinski definition) is 5. The van der Waals surface area contributed by atoms with Crippen molar-refractivity contribution in [3.8, 4) is 17.0 Å². The molecule has 1 aromatic heterocycles. The van der Waals surface area contributed by atoms with Crippen LogP contribution in [0.15, 0.2) is 42.5 Å². The number of benzene rings is 2. The molecule has 2 aliphatic rings. The molecule has 2 atom stereocenters. The van der Waals surface area contributed by atoms with Crippen LogP contribution in [0.4, 0.5) is 16.2 Å². The lowest BCUT2D eigenvalue weighted by molar-refractivity contribution is 0.108. The van der Waals surface area contributed by atoms with Gasteiger partial charge in [-0.1, -0.05) is 12.1 Å². The zero-order valence-corrected chi connectivity index (χ0v) is 20.0. The molecule has 3 N–H and O–H groups in total. The first-order valence-corrected chi connectivity index (χ1v) is 12.2. The van der Waals surface area contributed by atoms with E-state index in [1.165, 1.54) is 0 Å². The molecule has 2 aromatic carbocycles. The molecule has 0 radical (unpaired) electrons. The molecule has 7 nitrogen and oxygen atoms in total. The number of aromatic nitrogens is 1. The van der Waals surface area contributed by atoms with Gasteiger partial charge in [0.25, 0.3) is 0 Å². The van der Waals surface area contributed by atoms with E-state index in [4.69, 9.17) is 19.9 Å². The zero-order chi connectivity index (χ0) is 23.8. The van der Waals surface area contributed by atoms with Gasteiger partial charge in [-0.05, 0) is 63.8 Å². The highest BCUT2D eigenvalue weighted by Crippen LogP contribution is 2.40. The summed E-state index contributed by atoms with van der Waals surface area (Å²) in [5.74, 6) is 1.33. The summed E-state index contributed by atoms with van der Waals surface area (Å²) in [5, 5.41) is 3.83. The highest BCUT2D eigenvalue weighted by atomic mass is 16.6. The Kier molecular flexibility index (Phi) is 6.13. The van der Waals surface area contributed by atoms with Gasteiger partial charge >= 0.3 is 6.09 Å². The number of amides is 1. The van der Waals surface area contributed by atoms with Crippen molar-refractivity contribution in [1.82, 2.24) is 4.57 Å². The molecule has 2 heterocycles. The maximum absolute atomic E-state index is 12.2. The fourth-order valence-electron chi connectivity index (χ4n) is 4.71. The van der Waals surface area contributed by atoms with Crippen molar-refractivity contribution in [2.45, 2.75) is 58.3 Å². The second-order valence-corrected chi connectivity index (χ2v) is 9.66. The van der Waals surface area contributed by atoms with E-state index in [0.29, 0.717) is 18.2 Å². The number of nitrogens with one attached hydrogen (secondary N) is 1. The predicted molar refractivity (Wildman–Crippen MR) is 134 cm³/mol. The summed E-state index contributed by atoms with van der Waals surface area (Å²) in [7, 11) is 0. The number of nitrogen functional groups attached to an aromatic ring is 1. The second-order valence-electron chi connectivity index (χ2n) is 9.66. The Balaban J connectivity index is 1.41. The van der Waals surface area contributed by atoms with Crippen molar-refractivity contribution in [3.05, 3.63) is 42.5 Å². The third kappa shape index (κ3) is 4.57. The molecule has 0 bridgehead atoms. The minimum Gasteiger partial charge on any atom is -0.488 e. The van der Waals surface area contributed by atoms with Gasteiger partial charge in [-0.25, -0.2) is 4.79 Å². The Bertz CT molecular complexity index is 1170. The number of rotatable bonds is 7. The van der Waals surface area contributed by atoms with Crippen LogP contribution in [0.3, 0.4) is 0 Å². The average molecular weight is 464 g/mol. The van der Waals surface area contributed by atoms with E-state index in [1.807, 2.05) is 43.3 Å². The van der Waals surface area contributed by atoms with Crippen LogP contribution in [0.1, 0.15) is 46.1 Å². The number of nitrogens with two attached hydrogens (primary N) is 1. The van der Waals surface area contributed by atoms with E-state index < -0.39 is 6.09 Å². The molecule has 1 aliphatic heterocycles. The number of hydrogen-bond donors (Lipinski definition) is 2.